The number of rotatable bonds is 11. The summed E-state index contributed by atoms with van der Waals surface area (Å²) in [7, 11) is 0. The third kappa shape index (κ3) is 7.07. The minimum atomic E-state index is -0.127. The van der Waals surface area contributed by atoms with Gasteiger partial charge in [-0.05, 0) is 54.7 Å². The Morgan fingerprint density at radius 1 is 1.00 bits per heavy atom. The molecule has 0 saturated carbocycles. The molecule has 182 valence electrons. The number of aromatic nitrogens is 2. The number of carbonyl (C=O) groups is 2. The lowest BCUT2D eigenvalue weighted by molar-refractivity contribution is -0.132. The van der Waals surface area contributed by atoms with Gasteiger partial charge in [0.2, 0.25) is 5.91 Å². The van der Waals surface area contributed by atoms with Crippen LogP contribution in [0.3, 0.4) is 0 Å². The molecule has 0 atom stereocenters. The first-order valence-electron chi connectivity index (χ1n) is 12.0. The van der Waals surface area contributed by atoms with Crippen LogP contribution in [0.5, 0.6) is 0 Å². The number of carbonyl (C=O) groups excluding carboxylic acids is 2. The SMILES string of the molecule is CC(C)CN(CC(C)C)C(=O)Cn1c(CCCNC(=O)c2ccc(Cl)cc2)nc2ccccc21. The molecule has 1 aromatic heterocycles. The van der Waals surface area contributed by atoms with Gasteiger partial charge in [-0.3, -0.25) is 9.59 Å². The van der Waals surface area contributed by atoms with Crippen LogP contribution in [0.4, 0.5) is 0 Å². The molecule has 0 bridgehead atoms. The first-order valence-corrected chi connectivity index (χ1v) is 12.4. The topological polar surface area (TPSA) is 67.2 Å². The summed E-state index contributed by atoms with van der Waals surface area (Å²) in [5.41, 5.74) is 2.43. The van der Waals surface area contributed by atoms with Gasteiger partial charge in [0.15, 0.2) is 0 Å². The van der Waals surface area contributed by atoms with E-state index < -0.39 is 0 Å². The van der Waals surface area contributed by atoms with Gasteiger partial charge in [-0.1, -0.05) is 51.4 Å². The number of amides is 2. The van der Waals surface area contributed by atoms with Crippen LogP contribution in [0, 0.1) is 11.8 Å². The Balaban J connectivity index is 1.68. The summed E-state index contributed by atoms with van der Waals surface area (Å²) in [4.78, 5) is 32.4. The van der Waals surface area contributed by atoms with Gasteiger partial charge in [0.1, 0.15) is 12.4 Å². The van der Waals surface area contributed by atoms with Crippen molar-refractivity contribution < 1.29 is 9.59 Å². The number of hydrogen-bond acceptors (Lipinski definition) is 3. The summed E-state index contributed by atoms with van der Waals surface area (Å²) in [6.07, 6.45) is 1.38. The number of halogens is 1. The molecule has 2 amide bonds. The van der Waals surface area contributed by atoms with Crippen molar-refractivity contribution >= 4 is 34.4 Å². The van der Waals surface area contributed by atoms with Crippen LogP contribution < -0.4 is 5.32 Å². The van der Waals surface area contributed by atoms with Gasteiger partial charge in [0.25, 0.3) is 5.91 Å². The van der Waals surface area contributed by atoms with Gasteiger partial charge in [0.05, 0.1) is 11.0 Å². The third-order valence-corrected chi connectivity index (χ3v) is 5.77. The first kappa shape index (κ1) is 25.8. The molecule has 7 heteroatoms. The van der Waals surface area contributed by atoms with E-state index in [2.05, 4.69) is 33.0 Å². The van der Waals surface area contributed by atoms with Crippen molar-refractivity contribution in [3.05, 3.63) is 64.9 Å². The number of aryl methyl sites for hydroxylation is 1. The summed E-state index contributed by atoms with van der Waals surface area (Å²) in [5.74, 6) is 1.67. The highest BCUT2D eigenvalue weighted by atomic mass is 35.5. The van der Waals surface area contributed by atoms with E-state index in [0.717, 1.165) is 36.4 Å². The summed E-state index contributed by atoms with van der Waals surface area (Å²) < 4.78 is 2.03. The second-order valence-electron chi connectivity index (χ2n) is 9.56. The highest BCUT2D eigenvalue weighted by Crippen LogP contribution is 2.18. The Kier molecular flexibility index (Phi) is 9.11. The normalized spacial score (nSPS) is 11.4. The predicted octanol–water partition coefficient (Wildman–Crippen LogP) is 5.19. The van der Waals surface area contributed by atoms with E-state index in [1.807, 2.05) is 33.7 Å². The van der Waals surface area contributed by atoms with Crippen molar-refractivity contribution in [2.24, 2.45) is 11.8 Å². The Morgan fingerprint density at radius 2 is 1.65 bits per heavy atom. The number of nitrogens with zero attached hydrogens (tertiary/aromatic N) is 3. The van der Waals surface area contributed by atoms with Crippen LogP contribution in [0.2, 0.25) is 5.02 Å². The van der Waals surface area contributed by atoms with Crippen LogP contribution in [-0.4, -0.2) is 45.9 Å². The van der Waals surface area contributed by atoms with Gasteiger partial charge in [-0.2, -0.15) is 0 Å². The fraction of sp³-hybridized carbons (Fsp3) is 0.444. The van der Waals surface area contributed by atoms with Gasteiger partial charge < -0.3 is 14.8 Å². The molecular formula is C27H35ClN4O2. The molecule has 0 aliphatic rings. The molecule has 0 saturated heterocycles. The third-order valence-electron chi connectivity index (χ3n) is 5.52. The number of fused-ring (bicyclic) bond motifs is 1. The molecule has 3 rings (SSSR count). The molecule has 1 N–H and O–H groups in total. The van der Waals surface area contributed by atoms with Crippen molar-refractivity contribution in [2.75, 3.05) is 19.6 Å². The maximum Gasteiger partial charge on any atom is 0.251 e. The van der Waals surface area contributed by atoms with E-state index >= 15 is 0 Å². The molecule has 1 heterocycles. The zero-order valence-electron chi connectivity index (χ0n) is 20.6. The number of hydrogen-bond donors (Lipinski definition) is 1. The lowest BCUT2D eigenvalue weighted by Gasteiger charge is -2.27. The fourth-order valence-corrected chi connectivity index (χ4v) is 4.17. The lowest BCUT2D eigenvalue weighted by atomic mass is 10.1. The molecule has 3 aromatic rings. The van der Waals surface area contributed by atoms with Crippen molar-refractivity contribution in [3.8, 4) is 0 Å². The summed E-state index contributed by atoms with van der Waals surface area (Å²) in [6, 6.07) is 14.8. The van der Waals surface area contributed by atoms with Crippen molar-refractivity contribution in [1.29, 1.82) is 0 Å². The second-order valence-corrected chi connectivity index (χ2v) is 9.99. The Morgan fingerprint density at radius 3 is 2.29 bits per heavy atom. The van der Waals surface area contributed by atoms with Gasteiger partial charge in [-0.15, -0.1) is 0 Å². The van der Waals surface area contributed by atoms with Crippen LogP contribution in [-0.2, 0) is 17.8 Å². The number of imidazole rings is 1. The van der Waals surface area contributed by atoms with Crippen LogP contribution in [0.25, 0.3) is 11.0 Å². The zero-order valence-corrected chi connectivity index (χ0v) is 21.3. The van der Waals surface area contributed by atoms with Crippen LogP contribution in [0.15, 0.2) is 48.5 Å². The molecule has 0 aliphatic carbocycles. The fourth-order valence-electron chi connectivity index (χ4n) is 4.04. The first-order chi connectivity index (χ1) is 16.2. The monoisotopic (exact) mass is 482 g/mol. The molecule has 6 nitrogen and oxygen atoms in total. The quantitative estimate of drug-likeness (QED) is 0.382. The van der Waals surface area contributed by atoms with Gasteiger partial charge in [-0.25, -0.2) is 4.98 Å². The summed E-state index contributed by atoms with van der Waals surface area (Å²) >= 11 is 5.90. The molecule has 34 heavy (non-hydrogen) atoms. The van der Waals surface area contributed by atoms with Crippen molar-refractivity contribution in [2.45, 2.75) is 47.1 Å². The number of para-hydroxylation sites is 2. The average Bonchev–Trinajstić information content (AvgIpc) is 3.13. The zero-order chi connectivity index (χ0) is 24.7. The molecule has 0 aliphatic heterocycles. The molecule has 0 spiro atoms. The summed E-state index contributed by atoms with van der Waals surface area (Å²) in [6.45, 7) is 10.8. The highest BCUT2D eigenvalue weighted by molar-refractivity contribution is 6.30. The van der Waals surface area contributed by atoms with Gasteiger partial charge in [0, 0.05) is 36.6 Å². The minimum Gasteiger partial charge on any atom is -0.352 e. The largest absolute Gasteiger partial charge is 0.352 e. The van der Waals surface area contributed by atoms with E-state index in [9.17, 15) is 9.59 Å². The molecule has 0 radical (unpaired) electrons. The number of nitrogens with one attached hydrogen (secondary N) is 1. The minimum absolute atomic E-state index is 0.114. The van der Waals surface area contributed by atoms with Crippen LogP contribution >= 0.6 is 11.6 Å². The smallest absolute Gasteiger partial charge is 0.251 e. The average molecular weight is 483 g/mol. The van der Waals surface area contributed by atoms with E-state index in [1.54, 1.807) is 24.3 Å². The maximum atomic E-state index is 13.3. The molecule has 0 unspecified atom stereocenters. The van der Waals surface area contributed by atoms with E-state index in [-0.39, 0.29) is 18.4 Å². The van der Waals surface area contributed by atoms with Crippen molar-refractivity contribution in [1.82, 2.24) is 19.8 Å². The van der Waals surface area contributed by atoms with Crippen molar-refractivity contribution in [3.63, 3.8) is 0 Å². The van der Waals surface area contributed by atoms with E-state index in [4.69, 9.17) is 16.6 Å². The molecule has 0 fully saturated rings. The van der Waals surface area contributed by atoms with E-state index in [0.29, 0.717) is 35.4 Å². The van der Waals surface area contributed by atoms with Gasteiger partial charge >= 0.3 is 0 Å². The number of benzene rings is 2. The Hall–Kier alpha value is -2.86. The van der Waals surface area contributed by atoms with E-state index in [1.165, 1.54) is 0 Å². The Bertz CT molecular complexity index is 1100. The summed E-state index contributed by atoms with van der Waals surface area (Å²) in [5, 5.41) is 3.55. The molecule has 2 aromatic carbocycles. The van der Waals surface area contributed by atoms with Crippen LogP contribution in [0.1, 0.15) is 50.3 Å². The maximum absolute atomic E-state index is 13.3. The predicted molar refractivity (Wildman–Crippen MR) is 138 cm³/mol. The highest BCUT2D eigenvalue weighted by Gasteiger charge is 2.20. The standard InChI is InChI=1S/C27H35ClN4O2/c1-19(2)16-31(17-20(3)4)26(33)18-32-24-9-6-5-8-23(24)30-25(32)10-7-15-29-27(34)21-11-13-22(28)14-12-21/h5-6,8-9,11-14,19-20H,7,10,15-18H2,1-4H3,(H,29,34). The molecular weight excluding hydrogens is 448 g/mol. The Labute approximate surface area is 207 Å². The second kappa shape index (κ2) is 12.0. The lowest BCUT2D eigenvalue weighted by Crippen LogP contribution is -2.39.